The van der Waals surface area contributed by atoms with E-state index < -0.39 is 59.2 Å². The number of likely N-dealkylation sites (tertiary alicyclic amines) is 1. The number of aliphatic hydroxyl groups is 1. The largest absolute Gasteiger partial charge is 0.504 e. The van der Waals surface area contributed by atoms with Crippen LogP contribution in [-0.4, -0.2) is 95.1 Å². The fraction of sp³-hybridized carbons (Fsp3) is 0.613. The molecular weight excluding hydrogens is 574 g/mol. The number of rotatable bonds is 11. The quantitative estimate of drug-likeness (QED) is 0.155. The molecule has 0 radical (unpaired) electrons. The number of phenolic OH excluding ortho intramolecular Hbond substituents is 1. The summed E-state index contributed by atoms with van der Waals surface area (Å²) in [5.41, 5.74) is 5.08. The summed E-state index contributed by atoms with van der Waals surface area (Å²) >= 11 is 0. The summed E-state index contributed by atoms with van der Waals surface area (Å²) in [5, 5.41) is 25.4. The number of aromatic hydroxyl groups is 1. The van der Waals surface area contributed by atoms with Crippen molar-refractivity contribution in [3.05, 3.63) is 35.1 Å². The van der Waals surface area contributed by atoms with Gasteiger partial charge in [0.2, 0.25) is 5.91 Å². The van der Waals surface area contributed by atoms with E-state index >= 15 is 0 Å². The van der Waals surface area contributed by atoms with E-state index in [-0.39, 0.29) is 36.1 Å². The highest BCUT2D eigenvalue weighted by molar-refractivity contribution is 5.86. The summed E-state index contributed by atoms with van der Waals surface area (Å²) in [5.74, 6) is -2.68. The Bertz CT molecular complexity index is 1380. The number of ether oxygens (including phenoxy) is 4. The molecule has 2 heterocycles. The van der Waals surface area contributed by atoms with Gasteiger partial charge in [0.25, 0.3) is 0 Å². The minimum atomic E-state index is -1.37. The third-order valence-corrected chi connectivity index (χ3v) is 9.43. The summed E-state index contributed by atoms with van der Waals surface area (Å²) in [6, 6.07) is 2.27. The second kappa shape index (κ2) is 12.0. The van der Waals surface area contributed by atoms with E-state index in [9.17, 15) is 29.4 Å². The van der Waals surface area contributed by atoms with E-state index in [0.29, 0.717) is 38.8 Å². The van der Waals surface area contributed by atoms with Crippen molar-refractivity contribution in [1.82, 2.24) is 10.2 Å². The van der Waals surface area contributed by atoms with Crippen LogP contribution in [0.1, 0.15) is 64.0 Å². The minimum Gasteiger partial charge on any atom is -0.504 e. The average molecular weight is 616 g/mol. The lowest BCUT2D eigenvalue weighted by Gasteiger charge is -2.61. The number of likely N-dealkylation sites (N-methyl/N-ethyl adjacent to an activating group) is 1. The van der Waals surface area contributed by atoms with Gasteiger partial charge in [0.1, 0.15) is 11.8 Å². The molecular formula is C31H41N3O10. The molecule has 2 bridgehead atoms. The first-order valence-electron chi connectivity index (χ1n) is 15.1. The Morgan fingerprint density at radius 2 is 1.84 bits per heavy atom. The van der Waals surface area contributed by atoms with Crippen LogP contribution < -0.4 is 15.8 Å². The van der Waals surface area contributed by atoms with Gasteiger partial charge in [0, 0.05) is 24.9 Å². The number of carbonyl (C=O) groups excluding carboxylic acids is 4. The normalized spacial score (nSPS) is 28.4. The van der Waals surface area contributed by atoms with Gasteiger partial charge in [-0.2, -0.15) is 0 Å². The lowest BCUT2D eigenvalue weighted by molar-refractivity contribution is -0.180. The summed E-state index contributed by atoms with van der Waals surface area (Å²) < 4.78 is 22.5. The number of phenols is 1. The number of nitrogens with two attached hydrogens (primary N) is 1. The van der Waals surface area contributed by atoms with Crippen LogP contribution in [0.5, 0.6) is 11.5 Å². The summed E-state index contributed by atoms with van der Waals surface area (Å²) in [6.45, 7) is 5.01. The van der Waals surface area contributed by atoms with Crippen molar-refractivity contribution in [2.45, 2.75) is 101 Å². The maximum Gasteiger partial charge on any atom is 0.352 e. The Morgan fingerprint density at radius 3 is 2.55 bits per heavy atom. The monoisotopic (exact) mass is 615 g/mol. The Labute approximate surface area is 255 Å². The molecule has 7 atom stereocenters. The minimum absolute atomic E-state index is 0.0520. The Morgan fingerprint density at radius 1 is 1.14 bits per heavy atom. The van der Waals surface area contributed by atoms with Crippen molar-refractivity contribution >= 4 is 23.8 Å². The molecule has 1 spiro atoms. The second-order valence-electron chi connectivity index (χ2n) is 12.2. The van der Waals surface area contributed by atoms with Crippen molar-refractivity contribution in [2.24, 2.45) is 5.73 Å². The zero-order valence-corrected chi connectivity index (χ0v) is 25.5. The first-order chi connectivity index (χ1) is 20.8. The van der Waals surface area contributed by atoms with Gasteiger partial charge in [0.15, 0.2) is 29.8 Å². The lowest BCUT2D eigenvalue weighted by Crippen LogP contribution is -2.74. The number of hydrogen-bond donors (Lipinski definition) is 4. The molecule has 4 aliphatic rings. The number of esters is 3. The number of amides is 1. The molecule has 5 rings (SSSR count). The van der Waals surface area contributed by atoms with E-state index in [0.717, 1.165) is 11.1 Å². The van der Waals surface area contributed by atoms with Gasteiger partial charge in [-0.3, -0.25) is 4.79 Å². The Balaban J connectivity index is 1.26. The lowest BCUT2D eigenvalue weighted by atomic mass is 9.50. The van der Waals surface area contributed by atoms with Crippen LogP contribution in [0, 0.1) is 0 Å². The predicted octanol–water partition coefficient (Wildman–Crippen LogP) is 0.710. The number of carbonyl (C=O) groups is 4. The van der Waals surface area contributed by atoms with Crippen molar-refractivity contribution in [3.63, 3.8) is 0 Å². The highest BCUT2D eigenvalue weighted by atomic mass is 16.6. The number of hydrogen-bond acceptors (Lipinski definition) is 12. The maximum atomic E-state index is 13.2. The van der Waals surface area contributed by atoms with Gasteiger partial charge in [-0.05, 0) is 83.8 Å². The number of piperidine rings is 1. The fourth-order valence-electron chi connectivity index (χ4n) is 7.25. The molecule has 2 aliphatic heterocycles. The summed E-state index contributed by atoms with van der Waals surface area (Å²) in [6.07, 6.45) is 0.821. The van der Waals surface area contributed by atoms with Crippen LogP contribution in [0.15, 0.2) is 24.0 Å². The van der Waals surface area contributed by atoms with Crippen LogP contribution in [-0.2, 0) is 45.2 Å². The Kier molecular flexibility index (Phi) is 8.67. The van der Waals surface area contributed by atoms with Gasteiger partial charge in [0.05, 0.1) is 11.0 Å². The van der Waals surface area contributed by atoms with Gasteiger partial charge >= 0.3 is 17.9 Å². The second-order valence-corrected chi connectivity index (χ2v) is 12.2. The zero-order chi connectivity index (χ0) is 32.0. The molecule has 5 N–H and O–H groups in total. The van der Waals surface area contributed by atoms with Crippen molar-refractivity contribution in [3.8, 4) is 11.5 Å². The van der Waals surface area contributed by atoms with Crippen LogP contribution in [0.3, 0.4) is 0 Å². The van der Waals surface area contributed by atoms with E-state index in [1.807, 2.05) is 13.1 Å². The van der Waals surface area contributed by atoms with Crippen molar-refractivity contribution < 1.29 is 48.3 Å². The molecule has 1 aromatic carbocycles. The molecule has 44 heavy (non-hydrogen) atoms. The third-order valence-electron chi connectivity index (χ3n) is 9.43. The number of nitrogens with one attached hydrogen (secondary N) is 1. The fourth-order valence-corrected chi connectivity index (χ4v) is 7.25. The van der Waals surface area contributed by atoms with Gasteiger partial charge in [-0.25, -0.2) is 14.4 Å². The molecule has 13 heteroatoms. The predicted molar refractivity (Wildman–Crippen MR) is 154 cm³/mol. The van der Waals surface area contributed by atoms with Gasteiger partial charge in [-0.15, -0.1) is 0 Å². The van der Waals surface area contributed by atoms with Crippen molar-refractivity contribution in [1.29, 1.82) is 0 Å². The Hall–Kier alpha value is -3.68. The molecule has 1 saturated heterocycles. The standard InChI is InChI=1S/C31H41N3O10/c1-16(42-29(39)20(33-18(3)35)7-5-6-13-32)27(37)41-17(2)28(38)43-22-10-11-31(40)23-15-19-8-9-21(36)25-24(19)30(31,26(22)44-25)12-14-34(23)4/h8-10,16-17,20,23,26,36,40H,5-7,11-15,32H2,1-4H3,(H,33,35)/t16-,17-,20-,23+,26-,30?,31+/m0/s1. The van der Waals surface area contributed by atoms with Crippen molar-refractivity contribution in [2.75, 3.05) is 20.1 Å². The van der Waals surface area contributed by atoms with Gasteiger partial charge < -0.3 is 45.1 Å². The third kappa shape index (κ3) is 5.20. The van der Waals surface area contributed by atoms with Crippen LogP contribution in [0.4, 0.5) is 0 Å². The highest BCUT2D eigenvalue weighted by Crippen LogP contribution is 2.65. The molecule has 0 aromatic heterocycles. The van der Waals surface area contributed by atoms with Crippen LogP contribution >= 0.6 is 0 Å². The molecule has 1 fully saturated rings. The average Bonchev–Trinajstić information content (AvgIpc) is 3.33. The summed E-state index contributed by atoms with van der Waals surface area (Å²) in [7, 11) is 1.97. The molecule has 13 nitrogen and oxygen atoms in total. The number of unbranched alkanes of at least 4 members (excludes halogenated alkanes) is 1. The topological polar surface area (TPSA) is 187 Å². The van der Waals surface area contributed by atoms with E-state index in [1.54, 1.807) is 12.1 Å². The highest BCUT2D eigenvalue weighted by Gasteiger charge is 2.72. The first kappa shape index (κ1) is 31.7. The number of benzene rings is 1. The molecule has 0 saturated carbocycles. The van der Waals surface area contributed by atoms with E-state index in [4.69, 9.17) is 24.7 Å². The maximum absolute atomic E-state index is 13.2. The smallest absolute Gasteiger partial charge is 0.352 e. The molecule has 1 aromatic rings. The van der Waals surface area contributed by atoms with E-state index in [1.165, 1.54) is 20.8 Å². The van der Waals surface area contributed by atoms with Gasteiger partial charge in [-0.1, -0.05) is 6.07 Å². The first-order valence-corrected chi connectivity index (χ1v) is 15.1. The molecule has 1 unspecified atom stereocenters. The zero-order valence-electron chi connectivity index (χ0n) is 25.5. The number of nitrogens with zero attached hydrogens (tertiary/aromatic N) is 1. The molecule has 1 amide bonds. The van der Waals surface area contributed by atoms with Crippen LogP contribution in [0.2, 0.25) is 0 Å². The SMILES string of the molecule is CC(=O)N[C@@H](CCCCN)C(=O)O[C@@H](C)C(=O)O[C@@H](C)C(=O)OC1=CC[C@@]2(O)[C@H]3Cc4ccc(O)c5c4C2(CCN3C)[C@H]1O5. The van der Waals surface area contributed by atoms with Crippen LogP contribution in [0.25, 0.3) is 0 Å². The molecule has 2 aliphatic carbocycles. The van der Waals surface area contributed by atoms with E-state index in [2.05, 4.69) is 10.2 Å². The summed E-state index contributed by atoms with van der Waals surface area (Å²) in [4.78, 5) is 52.3. The molecule has 240 valence electrons.